The molecule has 0 saturated carbocycles. The van der Waals surface area contributed by atoms with E-state index >= 15 is 0 Å². The third-order valence-corrected chi connectivity index (χ3v) is 3.15. The Balaban J connectivity index is 1.86. The molecule has 0 unspecified atom stereocenters. The number of rotatable bonds is 7. The van der Waals surface area contributed by atoms with E-state index in [1.165, 1.54) is 11.1 Å². The molecule has 0 aliphatic heterocycles. The molecule has 3 nitrogen and oxygen atoms in total. The van der Waals surface area contributed by atoms with E-state index in [9.17, 15) is 0 Å². The monoisotopic (exact) mass is 271 g/mol. The van der Waals surface area contributed by atoms with E-state index in [-0.39, 0.29) is 0 Å². The van der Waals surface area contributed by atoms with Gasteiger partial charge in [-0.15, -0.1) is 0 Å². The number of aryl methyl sites for hydroxylation is 1. The lowest BCUT2D eigenvalue weighted by Gasteiger charge is -2.10. The van der Waals surface area contributed by atoms with E-state index < -0.39 is 0 Å². The molecule has 1 N–H and O–H groups in total. The van der Waals surface area contributed by atoms with Crippen LogP contribution in [0, 0.1) is 6.92 Å². The summed E-state index contributed by atoms with van der Waals surface area (Å²) in [5.41, 5.74) is 3.71. The summed E-state index contributed by atoms with van der Waals surface area (Å²) in [6, 6.07) is 16.4. The first-order valence-electron chi connectivity index (χ1n) is 6.80. The van der Waals surface area contributed by atoms with Crippen molar-refractivity contribution in [3.63, 3.8) is 0 Å². The third-order valence-electron chi connectivity index (χ3n) is 3.15. The standard InChI is InChI=1S/C17H21NO2/c1-14-5-3-4-6-15(14)13-18-16-7-9-17(10-8-16)20-12-11-19-2/h3-10,18H,11-13H2,1-2H3. The highest BCUT2D eigenvalue weighted by Crippen LogP contribution is 2.17. The number of methoxy groups -OCH3 is 1. The molecule has 2 aromatic rings. The predicted molar refractivity (Wildman–Crippen MR) is 82.3 cm³/mol. The van der Waals surface area contributed by atoms with Gasteiger partial charge in [0.15, 0.2) is 0 Å². The Morgan fingerprint density at radius 3 is 2.40 bits per heavy atom. The zero-order valence-corrected chi connectivity index (χ0v) is 12.1. The number of benzene rings is 2. The van der Waals surface area contributed by atoms with Crippen molar-refractivity contribution >= 4 is 5.69 Å². The lowest BCUT2D eigenvalue weighted by atomic mass is 10.1. The SMILES string of the molecule is COCCOc1ccc(NCc2ccccc2C)cc1. The van der Waals surface area contributed by atoms with Gasteiger partial charge < -0.3 is 14.8 Å². The van der Waals surface area contributed by atoms with Gasteiger partial charge in [-0.3, -0.25) is 0 Å². The van der Waals surface area contributed by atoms with Crippen LogP contribution in [0.1, 0.15) is 11.1 Å². The Morgan fingerprint density at radius 2 is 1.70 bits per heavy atom. The number of hydrogen-bond acceptors (Lipinski definition) is 3. The topological polar surface area (TPSA) is 30.5 Å². The Kier molecular flexibility index (Phi) is 5.44. The van der Waals surface area contributed by atoms with Gasteiger partial charge in [0.05, 0.1) is 6.61 Å². The average molecular weight is 271 g/mol. The molecule has 106 valence electrons. The van der Waals surface area contributed by atoms with Crippen LogP contribution in [0.2, 0.25) is 0 Å². The first-order chi connectivity index (χ1) is 9.79. The zero-order chi connectivity index (χ0) is 14.2. The smallest absolute Gasteiger partial charge is 0.119 e. The first kappa shape index (κ1) is 14.4. The van der Waals surface area contributed by atoms with Gasteiger partial charge in [0.2, 0.25) is 0 Å². The van der Waals surface area contributed by atoms with Crippen molar-refractivity contribution in [3.05, 3.63) is 59.7 Å². The fourth-order valence-electron chi connectivity index (χ4n) is 1.92. The normalized spacial score (nSPS) is 10.3. The summed E-state index contributed by atoms with van der Waals surface area (Å²) in [5.74, 6) is 0.864. The van der Waals surface area contributed by atoms with Gasteiger partial charge in [-0.2, -0.15) is 0 Å². The Labute approximate surface area is 120 Å². The fraction of sp³-hybridized carbons (Fsp3) is 0.294. The zero-order valence-electron chi connectivity index (χ0n) is 12.1. The summed E-state index contributed by atoms with van der Waals surface area (Å²) < 4.78 is 10.5. The quantitative estimate of drug-likeness (QED) is 0.780. The van der Waals surface area contributed by atoms with Crippen LogP contribution in [0.5, 0.6) is 5.75 Å². The van der Waals surface area contributed by atoms with Crippen LogP contribution in [0.15, 0.2) is 48.5 Å². The third kappa shape index (κ3) is 4.28. The summed E-state index contributed by atoms with van der Waals surface area (Å²) in [5, 5.41) is 3.42. The van der Waals surface area contributed by atoms with Gasteiger partial charge in [0.1, 0.15) is 12.4 Å². The van der Waals surface area contributed by atoms with E-state index in [0.29, 0.717) is 13.2 Å². The van der Waals surface area contributed by atoms with Crippen LogP contribution < -0.4 is 10.1 Å². The van der Waals surface area contributed by atoms with E-state index in [2.05, 4.69) is 36.5 Å². The molecule has 0 aromatic heterocycles. The minimum atomic E-state index is 0.576. The second kappa shape index (κ2) is 7.56. The van der Waals surface area contributed by atoms with Crippen molar-refractivity contribution in [3.8, 4) is 5.75 Å². The molecule has 20 heavy (non-hydrogen) atoms. The van der Waals surface area contributed by atoms with Crippen molar-refractivity contribution < 1.29 is 9.47 Å². The van der Waals surface area contributed by atoms with E-state index in [1.807, 2.05) is 24.3 Å². The molecule has 0 atom stereocenters. The molecule has 0 fully saturated rings. The van der Waals surface area contributed by atoms with Crippen molar-refractivity contribution in [1.29, 1.82) is 0 Å². The summed E-state index contributed by atoms with van der Waals surface area (Å²) in [7, 11) is 1.67. The lowest BCUT2D eigenvalue weighted by molar-refractivity contribution is 0.146. The molecule has 0 heterocycles. The van der Waals surface area contributed by atoms with Crippen LogP contribution in [0.3, 0.4) is 0 Å². The molecule has 0 bridgehead atoms. The molecule has 0 aliphatic rings. The highest BCUT2D eigenvalue weighted by molar-refractivity contribution is 5.47. The molecule has 0 aliphatic carbocycles. The second-order valence-electron chi connectivity index (χ2n) is 4.65. The van der Waals surface area contributed by atoms with Crippen LogP contribution in [-0.2, 0) is 11.3 Å². The van der Waals surface area contributed by atoms with Crippen molar-refractivity contribution in [2.75, 3.05) is 25.6 Å². The van der Waals surface area contributed by atoms with Gasteiger partial charge in [0.25, 0.3) is 0 Å². The summed E-state index contributed by atoms with van der Waals surface area (Å²) in [4.78, 5) is 0. The van der Waals surface area contributed by atoms with E-state index in [1.54, 1.807) is 7.11 Å². The minimum Gasteiger partial charge on any atom is -0.491 e. The lowest BCUT2D eigenvalue weighted by Crippen LogP contribution is -2.04. The summed E-state index contributed by atoms with van der Waals surface area (Å²) in [6.45, 7) is 4.14. The van der Waals surface area contributed by atoms with E-state index in [4.69, 9.17) is 9.47 Å². The first-order valence-corrected chi connectivity index (χ1v) is 6.80. The maximum Gasteiger partial charge on any atom is 0.119 e. The van der Waals surface area contributed by atoms with Crippen molar-refractivity contribution in [2.45, 2.75) is 13.5 Å². The summed E-state index contributed by atoms with van der Waals surface area (Å²) >= 11 is 0. The minimum absolute atomic E-state index is 0.576. The molecule has 0 amide bonds. The highest BCUT2D eigenvalue weighted by atomic mass is 16.5. The maximum atomic E-state index is 5.53. The number of anilines is 1. The Bertz CT molecular complexity index is 523. The molecule has 3 heteroatoms. The molecule has 0 radical (unpaired) electrons. The average Bonchev–Trinajstić information content (AvgIpc) is 2.48. The van der Waals surface area contributed by atoms with Gasteiger partial charge in [-0.1, -0.05) is 24.3 Å². The van der Waals surface area contributed by atoms with Gasteiger partial charge >= 0.3 is 0 Å². The largest absolute Gasteiger partial charge is 0.491 e. The van der Waals surface area contributed by atoms with Crippen LogP contribution >= 0.6 is 0 Å². The van der Waals surface area contributed by atoms with Crippen LogP contribution in [0.25, 0.3) is 0 Å². The number of nitrogens with one attached hydrogen (secondary N) is 1. The second-order valence-corrected chi connectivity index (χ2v) is 4.65. The van der Waals surface area contributed by atoms with Crippen molar-refractivity contribution in [1.82, 2.24) is 0 Å². The fourth-order valence-corrected chi connectivity index (χ4v) is 1.92. The van der Waals surface area contributed by atoms with Crippen LogP contribution in [0.4, 0.5) is 5.69 Å². The Hall–Kier alpha value is -2.00. The van der Waals surface area contributed by atoms with Gasteiger partial charge in [-0.25, -0.2) is 0 Å². The molecule has 2 rings (SSSR count). The number of ether oxygens (including phenoxy) is 2. The van der Waals surface area contributed by atoms with Crippen LogP contribution in [-0.4, -0.2) is 20.3 Å². The van der Waals surface area contributed by atoms with Crippen molar-refractivity contribution in [2.24, 2.45) is 0 Å². The van der Waals surface area contributed by atoms with E-state index in [0.717, 1.165) is 18.0 Å². The maximum absolute atomic E-state index is 5.53. The molecule has 2 aromatic carbocycles. The predicted octanol–water partition coefficient (Wildman–Crippen LogP) is 3.63. The van der Waals surface area contributed by atoms with Gasteiger partial charge in [-0.05, 0) is 42.3 Å². The molecule has 0 saturated heterocycles. The number of hydrogen-bond donors (Lipinski definition) is 1. The molecular weight excluding hydrogens is 250 g/mol. The highest BCUT2D eigenvalue weighted by Gasteiger charge is 1.98. The van der Waals surface area contributed by atoms with Gasteiger partial charge in [0, 0.05) is 19.3 Å². The molecular formula is C17H21NO2. The summed E-state index contributed by atoms with van der Waals surface area (Å²) in [6.07, 6.45) is 0. The Morgan fingerprint density at radius 1 is 0.950 bits per heavy atom. The molecule has 0 spiro atoms.